The summed E-state index contributed by atoms with van der Waals surface area (Å²) in [6.45, 7) is 8.45. The first-order valence-electron chi connectivity index (χ1n) is 8.34. The van der Waals surface area contributed by atoms with Crippen LogP contribution in [-0.4, -0.2) is 42.5 Å². The first-order valence-corrected chi connectivity index (χ1v) is 8.34. The van der Waals surface area contributed by atoms with E-state index in [1.165, 1.54) is 0 Å². The molecule has 0 radical (unpaired) electrons. The van der Waals surface area contributed by atoms with Crippen LogP contribution in [0.4, 0.5) is 5.69 Å². The Hall–Kier alpha value is -1.10. The van der Waals surface area contributed by atoms with Gasteiger partial charge in [-0.05, 0) is 51.3 Å². The van der Waals surface area contributed by atoms with E-state index in [1.54, 1.807) is 0 Å². The molecule has 1 aromatic carbocycles. The summed E-state index contributed by atoms with van der Waals surface area (Å²) < 4.78 is 0. The fraction of sp³-hybridized carbons (Fsp3) is 0.611. The number of para-hydroxylation sites is 1. The van der Waals surface area contributed by atoms with Crippen molar-refractivity contribution in [3.8, 4) is 0 Å². The number of likely N-dealkylation sites (tertiary alicyclic amines) is 1. The van der Waals surface area contributed by atoms with Crippen LogP contribution in [0.25, 0.3) is 0 Å². The predicted octanol–water partition coefficient (Wildman–Crippen LogP) is 2.91. The van der Waals surface area contributed by atoms with Gasteiger partial charge in [0.15, 0.2) is 0 Å². The van der Waals surface area contributed by atoms with Crippen LogP contribution in [0.5, 0.6) is 0 Å². The third-order valence-corrected chi connectivity index (χ3v) is 4.53. The van der Waals surface area contributed by atoms with Gasteiger partial charge in [-0.3, -0.25) is 9.69 Å². The quantitative estimate of drug-likeness (QED) is 0.897. The maximum atomic E-state index is 12.8. The molecule has 1 heterocycles. The van der Waals surface area contributed by atoms with Gasteiger partial charge in [0.05, 0.1) is 6.54 Å². The van der Waals surface area contributed by atoms with Crippen molar-refractivity contribution >= 4 is 24.0 Å². The number of carbonyl (C=O) groups excluding carboxylic acids is 1. The van der Waals surface area contributed by atoms with E-state index >= 15 is 0 Å². The van der Waals surface area contributed by atoms with Gasteiger partial charge < -0.3 is 10.6 Å². The first-order chi connectivity index (χ1) is 10.5. The van der Waals surface area contributed by atoms with Gasteiger partial charge in [-0.25, -0.2) is 0 Å². The molecule has 2 unspecified atom stereocenters. The van der Waals surface area contributed by atoms with E-state index in [0.717, 1.165) is 25.1 Å². The SMILES string of the molecule is CC1CCN(CC(=O)N(c2ccccc2)C(C)C)C(CN)C1.Cl. The van der Waals surface area contributed by atoms with Crippen LogP contribution in [0.15, 0.2) is 30.3 Å². The number of piperidine rings is 1. The second kappa shape index (κ2) is 9.26. The van der Waals surface area contributed by atoms with Crippen molar-refractivity contribution in [3.05, 3.63) is 30.3 Å². The number of carbonyl (C=O) groups is 1. The Kier molecular flexibility index (Phi) is 8.03. The second-order valence-corrected chi connectivity index (χ2v) is 6.68. The lowest BCUT2D eigenvalue weighted by Crippen LogP contribution is -2.51. The Bertz CT molecular complexity index is 480. The highest BCUT2D eigenvalue weighted by Crippen LogP contribution is 2.23. The third-order valence-electron chi connectivity index (χ3n) is 4.53. The van der Waals surface area contributed by atoms with Gasteiger partial charge in [-0.2, -0.15) is 0 Å². The molecule has 1 amide bonds. The summed E-state index contributed by atoms with van der Waals surface area (Å²) in [6.07, 6.45) is 2.24. The van der Waals surface area contributed by atoms with Gasteiger partial charge in [-0.1, -0.05) is 25.1 Å². The van der Waals surface area contributed by atoms with Crippen LogP contribution in [0.1, 0.15) is 33.6 Å². The van der Waals surface area contributed by atoms with Crippen molar-refractivity contribution in [3.63, 3.8) is 0 Å². The third kappa shape index (κ3) is 5.20. The van der Waals surface area contributed by atoms with Crippen LogP contribution in [-0.2, 0) is 4.79 Å². The molecule has 2 atom stereocenters. The number of rotatable bonds is 5. The van der Waals surface area contributed by atoms with E-state index in [2.05, 4.69) is 25.7 Å². The Labute approximate surface area is 146 Å². The largest absolute Gasteiger partial charge is 0.329 e. The highest BCUT2D eigenvalue weighted by Gasteiger charge is 2.29. The monoisotopic (exact) mass is 339 g/mol. The Morgan fingerprint density at radius 3 is 2.57 bits per heavy atom. The van der Waals surface area contributed by atoms with Crippen molar-refractivity contribution < 1.29 is 4.79 Å². The molecule has 1 saturated heterocycles. The summed E-state index contributed by atoms with van der Waals surface area (Å²) in [7, 11) is 0. The normalized spacial score (nSPS) is 21.8. The average molecular weight is 340 g/mol. The zero-order chi connectivity index (χ0) is 16.1. The molecule has 23 heavy (non-hydrogen) atoms. The van der Waals surface area contributed by atoms with E-state index in [0.29, 0.717) is 25.0 Å². The van der Waals surface area contributed by atoms with Crippen LogP contribution >= 0.6 is 12.4 Å². The number of anilines is 1. The van der Waals surface area contributed by atoms with Gasteiger partial charge >= 0.3 is 0 Å². The lowest BCUT2D eigenvalue weighted by atomic mass is 9.92. The van der Waals surface area contributed by atoms with Gasteiger partial charge in [-0.15, -0.1) is 12.4 Å². The molecule has 130 valence electrons. The Balaban J connectivity index is 0.00000264. The summed E-state index contributed by atoms with van der Waals surface area (Å²) >= 11 is 0. The van der Waals surface area contributed by atoms with Crippen LogP contribution < -0.4 is 10.6 Å². The van der Waals surface area contributed by atoms with E-state index in [-0.39, 0.29) is 24.4 Å². The molecule has 0 saturated carbocycles. The topological polar surface area (TPSA) is 49.6 Å². The molecule has 5 heteroatoms. The predicted molar refractivity (Wildman–Crippen MR) is 99.1 cm³/mol. The molecular formula is C18H30ClN3O. The van der Waals surface area contributed by atoms with Crippen molar-refractivity contribution in [1.82, 2.24) is 4.90 Å². The van der Waals surface area contributed by atoms with Crippen molar-refractivity contribution in [2.24, 2.45) is 11.7 Å². The molecule has 0 bridgehead atoms. The summed E-state index contributed by atoms with van der Waals surface area (Å²) in [5.41, 5.74) is 6.88. The van der Waals surface area contributed by atoms with E-state index in [9.17, 15) is 4.79 Å². The van der Waals surface area contributed by atoms with E-state index in [1.807, 2.05) is 35.2 Å². The Morgan fingerprint density at radius 1 is 1.35 bits per heavy atom. The van der Waals surface area contributed by atoms with Gasteiger partial charge in [0, 0.05) is 24.3 Å². The lowest BCUT2D eigenvalue weighted by Gasteiger charge is -2.39. The van der Waals surface area contributed by atoms with Crippen LogP contribution in [0, 0.1) is 5.92 Å². The van der Waals surface area contributed by atoms with E-state index in [4.69, 9.17) is 5.73 Å². The Morgan fingerprint density at radius 2 is 2.00 bits per heavy atom. The summed E-state index contributed by atoms with van der Waals surface area (Å²) in [6, 6.07) is 10.4. The molecule has 1 aliphatic heterocycles. The van der Waals surface area contributed by atoms with E-state index < -0.39 is 0 Å². The van der Waals surface area contributed by atoms with Crippen LogP contribution in [0.2, 0.25) is 0 Å². The summed E-state index contributed by atoms with van der Waals surface area (Å²) in [5, 5.41) is 0. The first kappa shape index (κ1) is 19.9. The van der Waals surface area contributed by atoms with Gasteiger partial charge in [0.2, 0.25) is 5.91 Å². The molecule has 2 N–H and O–H groups in total. The molecule has 1 aromatic rings. The number of benzene rings is 1. The fourth-order valence-corrected chi connectivity index (χ4v) is 3.32. The smallest absolute Gasteiger partial charge is 0.241 e. The fourth-order valence-electron chi connectivity index (χ4n) is 3.32. The summed E-state index contributed by atoms with van der Waals surface area (Å²) in [5.74, 6) is 0.865. The van der Waals surface area contributed by atoms with Crippen molar-refractivity contribution in [2.75, 3.05) is 24.5 Å². The summed E-state index contributed by atoms with van der Waals surface area (Å²) in [4.78, 5) is 17.0. The standard InChI is InChI=1S/C18H29N3O.ClH/c1-14(2)21(16-7-5-4-6-8-16)18(22)13-20-10-9-15(3)11-17(20)12-19;/h4-8,14-15,17H,9-13,19H2,1-3H3;1H. The molecule has 1 aliphatic rings. The number of hydrogen-bond donors (Lipinski definition) is 1. The molecular weight excluding hydrogens is 310 g/mol. The maximum absolute atomic E-state index is 12.8. The zero-order valence-electron chi connectivity index (χ0n) is 14.4. The van der Waals surface area contributed by atoms with Crippen LogP contribution in [0.3, 0.4) is 0 Å². The molecule has 0 aliphatic carbocycles. The highest BCUT2D eigenvalue weighted by molar-refractivity contribution is 5.95. The number of amides is 1. The number of hydrogen-bond acceptors (Lipinski definition) is 3. The highest BCUT2D eigenvalue weighted by atomic mass is 35.5. The average Bonchev–Trinajstić information content (AvgIpc) is 2.50. The molecule has 0 aromatic heterocycles. The molecule has 4 nitrogen and oxygen atoms in total. The minimum atomic E-state index is 0. The van der Waals surface area contributed by atoms with Gasteiger partial charge in [0.1, 0.15) is 0 Å². The number of nitrogens with zero attached hydrogens (tertiary/aromatic N) is 2. The molecule has 0 spiro atoms. The molecule has 1 fully saturated rings. The number of halogens is 1. The van der Waals surface area contributed by atoms with Crippen molar-refractivity contribution in [1.29, 1.82) is 0 Å². The number of nitrogens with two attached hydrogens (primary N) is 1. The second-order valence-electron chi connectivity index (χ2n) is 6.68. The zero-order valence-corrected chi connectivity index (χ0v) is 15.3. The van der Waals surface area contributed by atoms with Crippen molar-refractivity contribution in [2.45, 2.75) is 45.7 Å². The molecule has 2 rings (SSSR count). The minimum Gasteiger partial charge on any atom is -0.329 e. The minimum absolute atomic E-state index is 0. The van der Waals surface area contributed by atoms with Gasteiger partial charge in [0.25, 0.3) is 0 Å². The lowest BCUT2D eigenvalue weighted by molar-refractivity contribution is -0.121. The maximum Gasteiger partial charge on any atom is 0.241 e.